The van der Waals surface area contributed by atoms with Gasteiger partial charge in [-0.3, -0.25) is 4.79 Å². The number of hydrogen-bond donors (Lipinski definition) is 1. The van der Waals surface area contributed by atoms with Gasteiger partial charge in [0.2, 0.25) is 5.91 Å². The molecule has 1 aliphatic rings. The van der Waals surface area contributed by atoms with Crippen LogP contribution in [0.25, 0.3) is 22.2 Å². The van der Waals surface area contributed by atoms with Gasteiger partial charge in [-0.05, 0) is 43.2 Å². The molecule has 1 saturated heterocycles. The SMILES string of the molecule is CCOC(=O)[C@H]1NC(=O)[C@H]1Cc1ccc(OCc2cc(-c3ccccc3)nc3ccccc23)cc1. The number of pyridine rings is 1. The zero-order chi connectivity index (χ0) is 24.2. The summed E-state index contributed by atoms with van der Waals surface area (Å²) in [5.41, 5.74) is 4.92. The van der Waals surface area contributed by atoms with E-state index in [1.165, 1.54) is 0 Å². The summed E-state index contributed by atoms with van der Waals surface area (Å²) in [5, 5.41) is 3.70. The Kier molecular flexibility index (Phi) is 6.44. The van der Waals surface area contributed by atoms with Crippen molar-refractivity contribution in [2.75, 3.05) is 6.61 Å². The second-order valence-corrected chi connectivity index (χ2v) is 8.53. The second-order valence-electron chi connectivity index (χ2n) is 8.53. The number of carbonyl (C=O) groups excluding carboxylic acids is 2. The van der Waals surface area contributed by atoms with Crippen LogP contribution in [0.2, 0.25) is 0 Å². The predicted octanol–water partition coefficient (Wildman–Crippen LogP) is 4.70. The maximum Gasteiger partial charge on any atom is 0.329 e. The van der Waals surface area contributed by atoms with Crippen LogP contribution in [0.4, 0.5) is 0 Å². The molecule has 0 saturated carbocycles. The number of nitrogens with one attached hydrogen (secondary N) is 1. The van der Waals surface area contributed by atoms with Gasteiger partial charge >= 0.3 is 5.97 Å². The van der Waals surface area contributed by atoms with Crippen LogP contribution in [0.15, 0.2) is 84.9 Å². The second kappa shape index (κ2) is 9.97. The lowest BCUT2D eigenvalue weighted by Gasteiger charge is -2.34. The maximum absolute atomic E-state index is 12.0. The van der Waals surface area contributed by atoms with Gasteiger partial charge in [0.05, 0.1) is 23.7 Å². The first kappa shape index (κ1) is 22.6. The molecular formula is C29H26N2O4. The Balaban J connectivity index is 1.29. The Morgan fingerprint density at radius 3 is 2.46 bits per heavy atom. The molecule has 4 aromatic rings. The van der Waals surface area contributed by atoms with E-state index in [4.69, 9.17) is 14.5 Å². The predicted molar refractivity (Wildman–Crippen MR) is 134 cm³/mol. The van der Waals surface area contributed by atoms with E-state index in [2.05, 4.69) is 29.6 Å². The minimum atomic E-state index is -0.572. The topological polar surface area (TPSA) is 77.5 Å². The first-order chi connectivity index (χ1) is 17.1. The molecule has 5 rings (SSSR count). The monoisotopic (exact) mass is 466 g/mol. The van der Waals surface area contributed by atoms with Gasteiger partial charge in [0.15, 0.2) is 0 Å². The Morgan fingerprint density at radius 2 is 1.71 bits per heavy atom. The number of nitrogens with zero attached hydrogens (tertiary/aromatic N) is 1. The number of ether oxygens (including phenoxy) is 2. The van der Waals surface area contributed by atoms with E-state index in [0.29, 0.717) is 19.6 Å². The van der Waals surface area contributed by atoms with Crippen molar-refractivity contribution in [3.8, 4) is 17.0 Å². The highest BCUT2D eigenvalue weighted by Gasteiger charge is 2.44. The van der Waals surface area contributed by atoms with Gasteiger partial charge in [-0.2, -0.15) is 0 Å². The molecular weight excluding hydrogens is 440 g/mol. The first-order valence-electron chi connectivity index (χ1n) is 11.7. The summed E-state index contributed by atoms with van der Waals surface area (Å²) in [6.07, 6.45) is 0.477. The largest absolute Gasteiger partial charge is 0.489 e. The van der Waals surface area contributed by atoms with Crippen LogP contribution >= 0.6 is 0 Å². The van der Waals surface area contributed by atoms with E-state index in [-0.39, 0.29) is 11.9 Å². The molecule has 1 fully saturated rings. The van der Waals surface area contributed by atoms with E-state index >= 15 is 0 Å². The number of aromatic nitrogens is 1. The molecule has 176 valence electrons. The van der Waals surface area contributed by atoms with E-state index in [1.807, 2.05) is 60.7 Å². The highest BCUT2D eigenvalue weighted by Crippen LogP contribution is 2.27. The Labute approximate surface area is 203 Å². The van der Waals surface area contributed by atoms with Gasteiger partial charge in [-0.1, -0.05) is 60.7 Å². The fourth-order valence-corrected chi connectivity index (χ4v) is 4.34. The number of para-hydroxylation sites is 1. The van der Waals surface area contributed by atoms with Gasteiger partial charge in [0.25, 0.3) is 0 Å². The molecule has 6 heteroatoms. The maximum atomic E-state index is 12.0. The molecule has 0 bridgehead atoms. The van der Waals surface area contributed by atoms with Gasteiger partial charge in [0, 0.05) is 16.5 Å². The third kappa shape index (κ3) is 4.87. The minimum Gasteiger partial charge on any atom is -0.489 e. The fourth-order valence-electron chi connectivity index (χ4n) is 4.34. The van der Waals surface area contributed by atoms with E-state index < -0.39 is 12.0 Å². The number of β-lactam (4-membered cyclic amide) rings is 1. The normalized spacial score (nSPS) is 16.9. The van der Waals surface area contributed by atoms with Gasteiger partial charge < -0.3 is 14.8 Å². The number of carbonyl (C=O) groups is 2. The standard InChI is InChI=1S/C29H26N2O4/c1-2-34-29(33)27-24(28(32)31-27)16-19-12-14-22(15-13-19)35-18-21-17-26(20-8-4-3-5-9-20)30-25-11-7-6-10-23(21)25/h3-15,17,24,27H,2,16,18H2,1H3,(H,31,32)/t24-,27-/m0/s1. The van der Waals surface area contributed by atoms with E-state index in [9.17, 15) is 9.59 Å². The van der Waals surface area contributed by atoms with Gasteiger partial charge in [-0.15, -0.1) is 0 Å². The van der Waals surface area contributed by atoms with Crippen molar-refractivity contribution in [1.29, 1.82) is 0 Å². The van der Waals surface area contributed by atoms with Crippen molar-refractivity contribution in [3.05, 3.63) is 96.1 Å². The molecule has 0 radical (unpaired) electrons. The third-order valence-corrected chi connectivity index (χ3v) is 6.22. The minimum absolute atomic E-state index is 0.123. The molecule has 2 heterocycles. The molecule has 3 aromatic carbocycles. The van der Waals surface area contributed by atoms with Crippen LogP contribution in [0.5, 0.6) is 5.75 Å². The number of rotatable bonds is 8. The summed E-state index contributed by atoms with van der Waals surface area (Å²) >= 11 is 0. The lowest BCUT2D eigenvalue weighted by atomic mass is 9.85. The highest BCUT2D eigenvalue weighted by molar-refractivity contribution is 5.97. The van der Waals surface area contributed by atoms with Crippen molar-refractivity contribution < 1.29 is 19.1 Å². The van der Waals surface area contributed by atoms with Crippen molar-refractivity contribution in [2.45, 2.75) is 26.0 Å². The Hall–Kier alpha value is -4.19. The summed E-state index contributed by atoms with van der Waals surface area (Å²) in [4.78, 5) is 28.8. The Morgan fingerprint density at radius 1 is 0.971 bits per heavy atom. The zero-order valence-corrected chi connectivity index (χ0v) is 19.4. The van der Waals surface area contributed by atoms with Crippen molar-refractivity contribution in [1.82, 2.24) is 10.3 Å². The van der Waals surface area contributed by atoms with Crippen molar-refractivity contribution in [3.63, 3.8) is 0 Å². The van der Waals surface area contributed by atoms with Crippen LogP contribution in [0, 0.1) is 5.92 Å². The van der Waals surface area contributed by atoms with Gasteiger partial charge in [0.1, 0.15) is 18.4 Å². The van der Waals surface area contributed by atoms with Crippen LogP contribution in [0.3, 0.4) is 0 Å². The summed E-state index contributed by atoms with van der Waals surface area (Å²) in [7, 11) is 0. The van der Waals surface area contributed by atoms with Crippen molar-refractivity contribution >= 4 is 22.8 Å². The molecule has 35 heavy (non-hydrogen) atoms. The molecule has 1 aliphatic heterocycles. The first-order valence-corrected chi connectivity index (χ1v) is 11.7. The molecule has 2 atom stereocenters. The summed E-state index contributed by atoms with van der Waals surface area (Å²) in [6, 6.07) is 27.3. The number of amides is 1. The lowest BCUT2D eigenvalue weighted by molar-refractivity contribution is -0.157. The van der Waals surface area contributed by atoms with Crippen LogP contribution in [-0.2, 0) is 27.4 Å². The summed E-state index contributed by atoms with van der Waals surface area (Å²) in [5.74, 6) is -0.171. The molecule has 0 aliphatic carbocycles. The lowest BCUT2D eigenvalue weighted by Crippen LogP contribution is -2.63. The molecule has 0 spiro atoms. The van der Waals surface area contributed by atoms with Crippen LogP contribution < -0.4 is 10.1 Å². The average molecular weight is 467 g/mol. The number of esters is 1. The van der Waals surface area contributed by atoms with Crippen molar-refractivity contribution in [2.24, 2.45) is 5.92 Å². The Bertz CT molecular complexity index is 1350. The quantitative estimate of drug-likeness (QED) is 0.301. The van der Waals surface area contributed by atoms with Crippen LogP contribution in [-0.4, -0.2) is 29.5 Å². The number of hydrogen-bond acceptors (Lipinski definition) is 5. The molecule has 6 nitrogen and oxygen atoms in total. The summed E-state index contributed by atoms with van der Waals surface area (Å²) < 4.78 is 11.2. The molecule has 1 N–H and O–H groups in total. The smallest absolute Gasteiger partial charge is 0.329 e. The fraction of sp³-hybridized carbons (Fsp3) is 0.207. The number of fused-ring (bicyclic) bond motifs is 1. The van der Waals surface area contributed by atoms with Crippen LogP contribution in [0.1, 0.15) is 18.1 Å². The van der Waals surface area contributed by atoms with Gasteiger partial charge in [-0.25, -0.2) is 9.78 Å². The molecule has 1 aromatic heterocycles. The number of benzene rings is 3. The molecule has 0 unspecified atom stereocenters. The van der Waals surface area contributed by atoms with E-state index in [1.54, 1.807) is 6.92 Å². The summed E-state index contributed by atoms with van der Waals surface area (Å²) in [6.45, 7) is 2.45. The highest BCUT2D eigenvalue weighted by atomic mass is 16.5. The van der Waals surface area contributed by atoms with E-state index in [0.717, 1.165) is 39.0 Å². The zero-order valence-electron chi connectivity index (χ0n) is 19.4. The average Bonchev–Trinajstić information content (AvgIpc) is 2.90. The third-order valence-electron chi connectivity index (χ3n) is 6.22. The molecule has 1 amide bonds.